The summed E-state index contributed by atoms with van der Waals surface area (Å²) in [6.07, 6.45) is 11.8. The molecule has 3 N–H and O–H groups in total. The van der Waals surface area contributed by atoms with E-state index in [4.69, 9.17) is 9.47 Å². The lowest BCUT2D eigenvalue weighted by atomic mass is 9.59. The van der Waals surface area contributed by atoms with E-state index >= 15 is 0 Å². The number of nitrogens with one attached hydrogen (secondary N) is 3. The van der Waals surface area contributed by atoms with Gasteiger partial charge >= 0.3 is 15.8 Å². The van der Waals surface area contributed by atoms with E-state index in [0.29, 0.717) is 42.4 Å². The second-order valence-corrected chi connectivity index (χ2v) is 21.4. The van der Waals surface area contributed by atoms with E-state index < -0.39 is 31.7 Å². The van der Waals surface area contributed by atoms with Crippen LogP contribution in [0, 0.1) is 26.9 Å². The molecule has 2 saturated heterocycles. The number of sulfonamides is 1. The fourth-order valence-electron chi connectivity index (χ4n) is 10.6. The molecule has 2 aromatic carbocycles. The minimum absolute atomic E-state index is 0.0376. The molecular formula is C49H60N8O7S. The number of aromatic amines is 1. The van der Waals surface area contributed by atoms with Gasteiger partial charge in [0.05, 0.1) is 31.0 Å². The normalized spacial score (nSPS) is 20.4. The largest absolute Gasteiger partial charge is 0.455 e. The van der Waals surface area contributed by atoms with Gasteiger partial charge in [-0.2, -0.15) is 8.42 Å². The van der Waals surface area contributed by atoms with E-state index in [9.17, 15) is 23.3 Å². The van der Waals surface area contributed by atoms with Gasteiger partial charge in [-0.25, -0.2) is 9.71 Å². The average molecular weight is 905 g/mol. The number of morpholine rings is 1. The van der Waals surface area contributed by atoms with Crippen molar-refractivity contribution in [3.05, 3.63) is 106 Å². The van der Waals surface area contributed by atoms with Crippen LogP contribution in [0.3, 0.4) is 0 Å². The van der Waals surface area contributed by atoms with Crippen molar-refractivity contribution in [2.75, 3.05) is 49.6 Å². The van der Waals surface area contributed by atoms with Gasteiger partial charge in [0, 0.05) is 61.6 Å². The van der Waals surface area contributed by atoms with Crippen LogP contribution in [-0.4, -0.2) is 84.5 Å². The van der Waals surface area contributed by atoms with Crippen LogP contribution < -0.4 is 19.7 Å². The Kier molecular flexibility index (Phi) is 12.4. The maximum atomic E-state index is 14.0. The summed E-state index contributed by atoms with van der Waals surface area (Å²) in [5, 5.41) is 15.4. The lowest BCUT2D eigenvalue weighted by Crippen LogP contribution is -2.58. The van der Waals surface area contributed by atoms with Crippen molar-refractivity contribution in [3.63, 3.8) is 0 Å². The van der Waals surface area contributed by atoms with E-state index in [0.717, 1.165) is 88.7 Å². The van der Waals surface area contributed by atoms with Gasteiger partial charge in [-0.05, 0) is 125 Å². The van der Waals surface area contributed by atoms with E-state index in [1.54, 1.807) is 24.4 Å². The van der Waals surface area contributed by atoms with E-state index in [1.807, 2.05) is 12.1 Å². The first kappa shape index (κ1) is 44.6. The van der Waals surface area contributed by atoms with Crippen LogP contribution >= 0.6 is 0 Å². The van der Waals surface area contributed by atoms with Crippen LogP contribution in [0.2, 0.25) is 0 Å². The van der Waals surface area contributed by atoms with Gasteiger partial charge in [0.1, 0.15) is 22.8 Å². The molecule has 65 heavy (non-hydrogen) atoms. The molecule has 4 fully saturated rings. The molecule has 1 amide bonds. The molecule has 15 nitrogen and oxygen atoms in total. The van der Waals surface area contributed by atoms with Crippen LogP contribution in [0.5, 0.6) is 11.5 Å². The van der Waals surface area contributed by atoms with E-state index in [1.165, 1.54) is 29.5 Å². The summed E-state index contributed by atoms with van der Waals surface area (Å²) in [5.74, 6) is -0.323. The molecule has 3 aromatic heterocycles. The first-order valence-corrected chi connectivity index (χ1v) is 24.5. The molecule has 2 aliphatic carbocycles. The maximum Gasteiger partial charge on any atom is 0.388 e. The Morgan fingerprint density at radius 1 is 1.02 bits per heavy atom. The van der Waals surface area contributed by atoms with Crippen LogP contribution in [0.15, 0.2) is 84.1 Å². The number of H-pyrrole nitrogens is 1. The Morgan fingerprint density at radius 3 is 2.54 bits per heavy atom. The lowest BCUT2D eigenvalue weighted by molar-refractivity contribution is -0.389. The quantitative estimate of drug-likeness (QED) is 0.0753. The van der Waals surface area contributed by atoms with Crippen molar-refractivity contribution >= 4 is 44.2 Å². The Labute approximate surface area is 380 Å². The second kappa shape index (κ2) is 18.0. The zero-order chi connectivity index (χ0) is 45.5. The molecule has 16 heteroatoms. The Hall–Kier alpha value is -5.58. The van der Waals surface area contributed by atoms with Gasteiger partial charge in [-0.1, -0.05) is 52.0 Å². The molecule has 2 aliphatic heterocycles. The van der Waals surface area contributed by atoms with Crippen LogP contribution in [0.1, 0.15) is 113 Å². The number of ether oxygens (including phenoxy) is 2. The van der Waals surface area contributed by atoms with E-state index in [-0.39, 0.29) is 33.9 Å². The molecule has 4 aliphatic rings. The highest BCUT2D eigenvalue weighted by atomic mass is 32.2. The highest BCUT2D eigenvalue weighted by Gasteiger charge is 2.50. The summed E-state index contributed by atoms with van der Waals surface area (Å²) >= 11 is 0. The molecule has 0 radical (unpaired) electrons. The maximum absolute atomic E-state index is 14.0. The third kappa shape index (κ3) is 9.57. The number of fused-ring (bicyclic) bond motifs is 1. The molecule has 1 atom stereocenters. The molecule has 0 bridgehead atoms. The Morgan fingerprint density at radius 2 is 1.78 bits per heavy atom. The van der Waals surface area contributed by atoms with Gasteiger partial charge in [-0.3, -0.25) is 9.69 Å². The zero-order valence-corrected chi connectivity index (χ0v) is 38.5. The number of hydrogen-bond donors (Lipinski definition) is 3. The van der Waals surface area contributed by atoms with Crippen molar-refractivity contribution in [3.8, 4) is 11.5 Å². The molecule has 5 heterocycles. The minimum Gasteiger partial charge on any atom is -0.455 e. The number of pyridine rings is 2. The molecule has 344 valence electrons. The predicted molar refractivity (Wildman–Crippen MR) is 250 cm³/mol. The smallest absolute Gasteiger partial charge is 0.388 e. The number of hydrogen-bond acceptors (Lipinski definition) is 12. The number of anilines is 2. The summed E-state index contributed by atoms with van der Waals surface area (Å²) in [6, 6.07) is 20.9. The molecular weight excluding hydrogens is 845 g/mol. The predicted octanol–water partition coefficient (Wildman–Crippen LogP) is 9.35. The summed E-state index contributed by atoms with van der Waals surface area (Å²) in [7, 11) is -4.65. The first-order chi connectivity index (χ1) is 31.2. The summed E-state index contributed by atoms with van der Waals surface area (Å²) in [6.45, 7) is 13.5. The Balaban J connectivity index is 0.898. The number of nitrogens with zero attached hydrogens (tertiary/aromatic N) is 5. The van der Waals surface area contributed by atoms with Crippen LogP contribution in [0.4, 0.5) is 17.2 Å². The number of aromatic nitrogens is 3. The number of rotatable bonds is 13. The van der Waals surface area contributed by atoms with Crippen molar-refractivity contribution in [1.82, 2.24) is 24.6 Å². The highest BCUT2D eigenvalue weighted by Crippen LogP contribution is 2.53. The molecule has 5 aromatic rings. The van der Waals surface area contributed by atoms with E-state index in [2.05, 4.69) is 86.8 Å². The number of piperidine rings is 1. The van der Waals surface area contributed by atoms with Crippen molar-refractivity contribution < 1.29 is 27.6 Å². The molecule has 1 spiro atoms. The number of nitro groups is 1. The van der Waals surface area contributed by atoms with Crippen LogP contribution in [-0.2, 0) is 14.8 Å². The van der Waals surface area contributed by atoms with Gasteiger partial charge in [0.25, 0.3) is 10.9 Å². The Bertz CT molecular complexity index is 2660. The fourth-order valence-corrected chi connectivity index (χ4v) is 11.5. The zero-order valence-electron chi connectivity index (χ0n) is 37.7. The van der Waals surface area contributed by atoms with Gasteiger partial charge in [-0.15, -0.1) is 0 Å². The summed E-state index contributed by atoms with van der Waals surface area (Å²) < 4.78 is 41.9. The number of carbonyl (C=O) groups is 1. The lowest BCUT2D eigenvalue weighted by Gasteiger charge is -2.57. The van der Waals surface area contributed by atoms with Crippen LogP contribution in [0.25, 0.3) is 11.0 Å². The van der Waals surface area contributed by atoms with Gasteiger partial charge < -0.3 is 34.8 Å². The topological polar surface area (TPSA) is 185 Å². The SMILES string of the molecule is CC(C)c1ccccc1[C@H]1COCCN1C1CC2(CCN(c3ccc(C(=O)NS(=O)(=O)c4ccc(NCC5CCC(C)(C)CC5)c([N+](=O)[O-])n4)c(Oc4cnc5[nH]ccc5c4)c3)CC2)C1. The van der Waals surface area contributed by atoms with Crippen molar-refractivity contribution in [2.45, 2.75) is 102 Å². The van der Waals surface area contributed by atoms with Crippen molar-refractivity contribution in [2.24, 2.45) is 16.7 Å². The van der Waals surface area contributed by atoms with Gasteiger partial charge in [0.2, 0.25) is 0 Å². The summed E-state index contributed by atoms with van der Waals surface area (Å²) in [4.78, 5) is 41.8. The summed E-state index contributed by atoms with van der Waals surface area (Å²) in [5.41, 5.74) is 4.91. The standard InChI is InChI=1S/C49H60N8O7S/c1-32(2)38-7-5-6-8-39(38)42-31-63-24-23-56(42)36-27-49(28-36)18-21-55(22-19-49)35-9-10-40(43(26-35)64-37-25-34-15-20-50-45(34)52-30-37)47(58)54-65(61,62)44-12-11-41(46(53-44)57(59)60)51-29-33-13-16-48(3,4)17-14-33/h5-12,15,20,25-26,30,32-33,36,42,51H,13-14,16-19,21-24,27-29,31H2,1-4H3,(H,50,52)(H,54,58)/t42-/m1/s1. The second-order valence-electron chi connectivity index (χ2n) is 19.7. The average Bonchev–Trinajstić information content (AvgIpc) is 3.76. The molecule has 9 rings (SSSR count). The number of amides is 1. The highest BCUT2D eigenvalue weighted by molar-refractivity contribution is 7.90. The number of carbonyl (C=O) groups excluding carboxylic acids is 1. The minimum atomic E-state index is -4.65. The number of benzene rings is 2. The van der Waals surface area contributed by atoms with Gasteiger partial charge in [0.15, 0.2) is 0 Å². The third-order valence-electron chi connectivity index (χ3n) is 14.5. The molecule has 0 unspecified atom stereocenters. The monoisotopic (exact) mass is 904 g/mol. The first-order valence-electron chi connectivity index (χ1n) is 23.0. The third-order valence-corrected chi connectivity index (χ3v) is 15.8. The molecule has 2 saturated carbocycles. The fraction of sp³-hybridized carbons (Fsp3) is 0.490. The van der Waals surface area contributed by atoms with Crippen molar-refractivity contribution in [1.29, 1.82) is 0 Å².